The summed E-state index contributed by atoms with van der Waals surface area (Å²) in [6.45, 7) is 0. The van der Waals surface area contributed by atoms with E-state index >= 15 is 0 Å². The van der Waals surface area contributed by atoms with Gasteiger partial charge < -0.3 is 0 Å². The Morgan fingerprint density at radius 3 is 2.91 bits per heavy atom. The Kier molecular flexibility index (Phi) is 5.73. The van der Waals surface area contributed by atoms with Gasteiger partial charge in [0.05, 0.1) is 0 Å². The van der Waals surface area contributed by atoms with E-state index in [0.717, 1.165) is 6.11 Å². The van der Waals surface area contributed by atoms with Crippen molar-refractivity contribution in [3.63, 3.8) is 0 Å². The zero-order chi connectivity index (χ0) is 8.69. The van der Waals surface area contributed by atoms with Crippen LogP contribution in [0.3, 0.4) is 0 Å². The average Bonchev–Trinajstić information content (AvgIpc) is 2.05. The molecular formula is C5H8BNO3S. The summed E-state index contributed by atoms with van der Waals surface area (Å²) < 4.78 is 14.2. The van der Waals surface area contributed by atoms with Crippen molar-refractivity contribution < 1.29 is 14.2 Å². The van der Waals surface area contributed by atoms with Crippen molar-refractivity contribution in [3.8, 4) is 0 Å². The van der Waals surface area contributed by atoms with Crippen LogP contribution in [-0.4, -0.2) is 38.1 Å². The van der Waals surface area contributed by atoms with Crippen molar-refractivity contribution in [1.82, 2.24) is 0 Å². The van der Waals surface area contributed by atoms with Crippen molar-refractivity contribution in [3.05, 3.63) is 0 Å². The van der Waals surface area contributed by atoms with E-state index in [1.807, 2.05) is 0 Å². The molecular weight excluding hydrogens is 165 g/mol. The van der Waals surface area contributed by atoms with Crippen molar-refractivity contribution in [2.75, 3.05) is 12.9 Å². The summed E-state index contributed by atoms with van der Waals surface area (Å²) in [5, 5.41) is 0. The number of esters is 1. The summed E-state index contributed by atoms with van der Waals surface area (Å²) in [5.74, 6) is -0.255. The summed E-state index contributed by atoms with van der Waals surface area (Å²) in [7, 11) is 1.76. The van der Waals surface area contributed by atoms with Gasteiger partial charge in [-0.3, -0.25) is 0 Å². The van der Waals surface area contributed by atoms with E-state index in [1.54, 1.807) is 0 Å². The van der Waals surface area contributed by atoms with Gasteiger partial charge in [-0.1, -0.05) is 0 Å². The molecule has 0 heterocycles. The third-order valence-electron chi connectivity index (χ3n) is 0.973. The molecule has 0 radical (unpaired) electrons. The van der Waals surface area contributed by atoms with Crippen LogP contribution in [0.2, 0.25) is 0 Å². The Labute approximate surface area is 70.7 Å². The molecule has 0 amide bonds. The number of aliphatic imine (C=N–C) groups is 1. The van der Waals surface area contributed by atoms with Crippen LogP contribution in [0, 0.1) is 0 Å². The Balaban J connectivity index is 4.04. The number of carbonyl (C=O) groups excluding carboxylic acids is 1. The first kappa shape index (κ1) is 10.4. The molecule has 0 spiro atoms. The van der Waals surface area contributed by atoms with Gasteiger partial charge in [0, 0.05) is 0 Å². The van der Waals surface area contributed by atoms with Gasteiger partial charge in [-0.25, -0.2) is 0 Å². The first-order valence-corrected chi connectivity index (χ1v) is 3.55. The fourth-order valence-electron chi connectivity index (χ4n) is 0.458. The summed E-state index contributed by atoms with van der Waals surface area (Å²) in [5.41, 5.74) is 0. The molecule has 6 heteroatoms. The maximum absolute atomic E-state index is 10.7. The first-order chi connectivity index (χ1) is 5.26. The van der Waals surface area contributed by atoms with Crippen LogP contribution in [0.15, 0.2) is 4.99 Å². The third kappa shape index (κ3) is 3.92. The number of rotatable bonds is 4. The molecule has 0 fully saturated rings. The van der Waals surface area contributed by atoms with E-state index in [1.165, 1.54) is 7.11 Å². The van der Waals surface area contributed by atoms with Crippen molar-refractivity contribution in [2.24, 2.45) is 4.99 Å². The Morgan fingerprint density at radius 1 is 1.91 bits per heavy atom. The summed E-state index contributed by atoms with van der Waals surface area (Å²) in [4.78, 5) is 14.3. The standard InChI is InChI=1S/C5H8BNO3S/c1-10-5(8)4(2-11)7-3-6-9/h3-4,11H,2H2,1H3. The fourth-order valence-corrected chi connectivity index (χ4v) is 0.701. The van der Waals surface area contributed by atoms with Crippen molar-refractivity contribution in [2.45, 2.75) is 6.04 Å². The normalized spacial score (nSPS) is 12.5. The van der Waals surface area contributed by atoms with Crippen LogP contribution in [0.25, 0.3) is 0 Å². The zero-order valence-electron chi connectivity index (χ0n) is 6.06. The predicted molar refractivity (Wildman–Crippen MR) is 44.6 cm³/mol. The van der Waals surface area contributed by atoms with Gasteiger partial charge in [-0.2, -0.15) is 0 Å². The monoisotopic (exact) mass is 173 g/mol. The minimum atomic E-state index is -0.673. The van der Waals surface area contributed by atoms with Crippen LogP contribution in [0.4, 0.5) is 0 Å². The van der Waals surface area contributed by atoms with E-state index in [-0.39, 0.29) is 5.75 Å². The fraction of sp³-hybridized carbons (Fsp3) is 0.600. The molecule has 0 aromatic rings. The molecule has 0 saturated carbocycles. The number of ether oxygens (including phenoxy) is 1. The Bertz CT molecular complexity index is 173. The van der Waals surface area contributed by atoms with E-state index in [4.69, 9.17) is 0 Å². The molecule has 0 aliphatic heterocycles. The van der Waals surface area contributed by atoms with Gasteiger partial charge in [0.1, 0.15) is 0 Å². The van der Waals surface area contributed by atoms with E-state index < -0.39 is 12.0 Å². The number of thiol groups is 1. The second-order valence-corrected chi connectivity index (χ2v) is 2.02. The molecule has 0 saturated heterocycles. The van der Waals surface area contributed by atoms with Crippen LogP contribution in [0.1, 0.15) is 0 Å². The van der Waals surface area contributed by atoms with Gasteiger partial charge >= 0.3 is 70.0 Å². The second-order valence-electron chi connectivity index (χ2n) is 1.66. The van der Waals surface area contributed by atoms with Crippen molar-refractivity contribution in [1.29, 1.82) is 0 Å². The number of hydrogen-bond acceptors (Lipinski definition) is 5. The first-order valence-electron chi connectivity index (χ1n) is 2.92. The predicted octanol–water partition coefficient (Wildman–Crippen LogP) is -0.464. The average molecular weight is 173 g/mol. The van der Waals surface area contributed by atoms with E-state index in [0.29, 0.717) is 7.15 Å². The summed E-state index contributed by atoms with van der Waals surface area (Å²) in [6, 6.07) is -0.673. The Morgan fingerprint density at radius 2 is 2.55 bits per heavy atom. The maximum atomic E-state index is 10.7. The van der Waals surface area contributed by atoms with Crippen LogP contribution in [-0.2, 0) is 14.2 Å². The molecule has 0 rings (SSSR count). The van der Waals surface area contributed by atoms with Gasteiger partial charge in [-0.05, 0) is 0 Å². The summed E-state index contributed by atoms with van der Waals surface area (Å²) >= 11 is 3.85. The number of nitrogens with zero attached hydrogens (tertiary/aromatic N) is 1. The van der Waals surface area contributed by atoms with Crippen LogP contribution in [0.5, 0.6) is 0 Å². The molecule has 1 unspecified atom stereocenters. The second kappa shape index (κ2) is 6.09. The topological polar surface area (TPSA) is 55.7 Å². The number of methoxy groups -OCH3 is 1. The molecule has 0 aliphatic rings. The van der Waals surface area contributed by atoms with Crippen molar-refractivity contribution >= 4 is 31.9 Å². The molecule has 4 nitrogen and oxygen atoms in total. The molecule has 0 N–H and O–H groups in total. The molecule has 0 aromatic carbocycles. The molecule has 60 valence electrons. The quantitative estimate of drug-likeness (QED) is 0.270. The zero-order valence-corrected chi connectivity index (χ0v) is 6.95. The van der Waals surface area contributed by atoms with Crippen LogP contribution < -0.4 is 0 Å². The van der Waals surface area contributed by atoms with Gasteiger partial charge in [0.2, 0.25) is 0 Å². The summed E-state index contributed by atoms with van der Waals surface area (Å²) in [6.07, 6.45) is 1.01. The number of hydrogen-bond donors (Lipinski definition) is 1. The molecule has 0 aliphatic carbocycles. The van der Waals surface area contributed by atoms with E-state index in [2.05, 4.69) is 22.4 Å². The van der Waals surface area contributed by atoms with Crippen LogP contribution >= 0.6 is 12.6 Å². The molecule has 1 atom stereocenters. The minimum absolute atomic E-state index is 0.233. The molecule has 0 aromatic heterocycles. The van der Waals surface area contributed by atoms with Gasteiger partial charge in [0.25, 0.3) is 0 Å². The molecule has 11 heavy (non-hydrogen) atoms. The third-order valence-corrected chi connectivity index (χ3v) is 1.32. The van der Waals surface area contributed by atoms with Gasteiger partial charge in [0.15, 0.2) is 0 Å². The molecule has 0 bridgehead atoms. The number of carbonyl (C=O) groups is 1. The van der Waals surface area contributed by atoms with Gasteiger partial charge in [-0.15, -0.1) is 0 Å². The Hall–Kier alpha value is -0.645. The van der Waals surface area contributed by atoms with E-state index in [9.17, 15) is 9.50 Å². The SMILES string of the molecule is COC(=O)C(CS)N=CB=O.